The second-order valence-electron chi connectivity index (χ2n) is 18.8. The fraction of sp³-hybridized carbons (Fsp3) is 0.460. The summed E-state index contributed by atoms with van der Waals surface area (Å²) < 4.78 is 19.0. The average Bonchev–Trinajstić information content (AvgIpc) is 4.01. The maximum absolute atomic E-state index is 13.3. The largest absolute Gasteiger partial charge is 0.494 e. The SMILES string of the molecule is CCc1cc(Nc2ncc(Cl)c(Nc3ccccc3P(C)(C)=O)n2)c(OC)cc1N1CCC2(CC1)CCN(C1(CCC#Cc3cccc4c3CN(C3CCC(=O)NC3=O)C4=O)CC1)CC2. The van der Waals surface area contributed by atoms with Crippen LogP contribution >= 0.6 is 18.7 Å². The molecule has 0 radical (unpaired) electrons. The molecule has 1 spiro atoms. The maximum atomic E-state index is 13.3. The van der Waals surface area contributed by atoms with Crippen molar-refractivity contribution in [3.05, 3.63) is 88.1 Å². The lowest BCUT2D eigenvalue weighted by Gasteiger charge is -2.49. The molecule has 3 aromatic carbocycles. The molecule has 4 aromatic rings. The first-order valence-electron chi connectivity index (χ1n) is 23.0. The van der Waals surface area contributed by atoms with Crippen LogP contribution in [0.1, 0.15) is 98.2 Å². The number of anilines is 5. The number of carbonyl (C=O) groups excluding carboxylic acids is 3. The first-order valence-corrected chi connectivity index (χ1v) is 25.9. The Morgan fingerprint density at radius 1 is 0.954 bits per heavy atom. The number of hydrogen-bond acceptors (Lipinski definition) is 11. The quantitative estimate of drug-likeness (QED) is 0.0717. The molecule has 65 heavy (non-hydrogen) atoms. The third-order valence-corrected chi connectivity index (χ3v) is 16.3. The minimum absolute atomic E-state index is 0.168. The van der Waals surface area contributed by atoms with Crippen molar-refractivity contribution < 1.29 is 23.7 Å². The summed E-state index contributed by atoms with van der Waals surface area (Å²) in [6, 6.07) is 16.8. The van der Waals surface area contributed by atoms with E-state index in [1.807, 2.05) is 42.5 Å². The van der Waals surface area contributed by atoms with Crippen molar-refractivity contribution in [2.24, 2.45) is 5.41 Å². The summed E-state index contributed by atoms with van der Waals surface area (Å²) in [5, 5.41) is 10.1. The van der Waals surface area contributed by atoms with Crippen LogP contribution in [0.5, 0.6) is 5.75 Å². The lowest BCUT2D eigenvalue weighted by Crippen LogP contribution is -2.52. The Morgan fingerprint density at radius 3 is 2.42 bits per heavy atom. The van der Waals surface area contributed by atoms with Gasteiger partial charge in [-0.25, -0.2) is 4.98 Å². The Kier molecular flexibility index (Phi) is 12.5. The van der Waals surface area contributed by atoms with E-state index in [9.17, 15) is 18.9 Å². The fourth-order valence-corrected chi connectivity index (χ4v) is 11.8. The summed E-state index contributed by atoms with van der Waals surface area (Å²) >= 11 is 6.55. The molecular formula is C50H58ClN8O5P. The molecule has 3 saturated heterocycles. The average molecular weight is 917 g/mol. The Hall–Kier alpha value is -5.41. The molecule has 15 heteroatoms. The number of likely N-dealkylation sites (tertiary alicyclic amines) is 1. The first kappa shape index (κ1) is 44.8. The van der Waals surface area contributed by atoms with Gasteiger partial charge in [-0.15, -0.1) is 0 Å². The van der Waals surface area contributed by atoms with Gasteiger partial charge in [0.05, 0.1) is 24.7 Å². The van der Waals surface area contributed by atoms with Crippen molar-refractivity contribution in [3.63, 3.8) is 0 Å². The van der Waals surface area contributed by atoms with Gasteiger partial charge in [0.2, 0.25) is 17.8 Å². The van der Waals surface area contributed by atoms with E-state index in [0.717, 1.165) is 67.6 Å². The Morgan fingerprint density at radius 2 is 1.71 bits per heavy atom. The number of amides is 3. The molecule has 5 aliphatic rings. The second-order valence-corrected chi connectivity index (χ2v) is 22.4. The minimum Gasteiger partial charge on any atom is -0.494 e. The zero-order valence-electron chi connectivity index (χ0n) is 37.8. The molecule has 1 saturated carbocycles. The van der Waals surface area contributed by atoms with Crippen molar-refractivity contribution in [2.45, 2.75) is 95.7 Å². The zero-order chi connectivity index (χ0) is 45.5. The standard InChI is InChI=1S/C50H58ClN8O5P/c1-5-33-29-39(54-48-52-31-37(51)45(56-48)53-38-14-6-7-15-43(38)65(3,4)63)42(64-2)30-41(33)57-25-21-49(22-26-57)23-27-58(28-24-49)50(19-20-50)18-9-8-11-34-12-10-13-35-36(34)32-59(47(35)62)40-16-17-44(60)55-46(40)61/h6-7,10,12-15,29-31,40H,5,9,16-28,32H2,1-4H3,(H,55,60,61)(H2,52,53,54,56). The van der Waals surface area contributed by atoms with Crippen molar-refractivity contribution in [2.75, 3.05) is 62.2 Å². The number of fused-ring (bicyclic) bond motifs is 1. The normalized spacial score (nSPS) is 20.2. The number of methoxy groups -OCH3 is 1. The molecular weight excluding hydrogens is 859 g/mol. The number of para-hydroxylation sites is 1. The number of carbonyl (C=O) groups is 3. The van der Waals surface area contributed by atoms with Crippen LogP contribution in [0.2, 0.25) is 5.02 Å². The summed E-state index contributed by atoms with van der Waals surface area (Å²) in [5.41, 5.74) is 6.82. The number of aryl methyl sites for hydroxylation is 1. The topological polar surface area (TPSA) is 149 Å². The van der Waals surface area contributed by atoms with Crippen LogP contribution in [-0.2, 0) is 27.1 Å². The van der Waals surface area contributed by atoms with E-state index >= 15 is 0 Å². The fourth-order valence-electron chi connectivity index (χ4n) is 10.5. The van der Waals surface area contributed by atoms with Gasteiger partial charge in [0.1, 0.15) is 24.0 Å². The van der Waals surface area contributed by atoms with Crippen LogP contribution < -0.4 is 30.9 Å². The summed E-state index contributed by atoms with van der Waals surface area (Å²) in [4.78, 5) is 53.6. The number of rotatable bonds is 12. The van der Waals surface area contributed by atoms with Gasteiger partial charge in [-0.05, 0) is 131 Å². The van der Waals surface area contributed by atoms with Crippen LogP contribution in [0.3, 0.4) is 0 Å². The van der Waals surface area contributed by atoms with Crippen molar-refractivity contribution in [1.82, 2.24) is 25.1 Å². The number of aromatic nitrogens is 2. The predicted molar refractivity (Wildman–Crippen MR) is 257 cm³/mol. The van der Waals surface area contributed by atoms with E-state index in [4.69, 9.17) is 21.3 Å². The molecule has 3 N–H and O–H groups in total. The van der Waals surface area contributed by atoms with E-state index in [0.29, 0.717) is 52.2 Å². The lowest BCUT2D eigenvalue weighted by molar-refractivity contribution is -0.136. The molecule has 9 rings (SSSR count). The highest BCUT2D eigenvalue weighted by Crippen LogP contribution is 2.51. The predicted octanol–water partition coefficient (Wildman–Crippen LogP) is 8.24. The molecule has 1 unspecified atom stereocenters. The van der Waals surface area contributed by atoms with E-state index in [2.05, 4.69) is 61.6 Å². The van der Waals surface area contributed by atoms with Crippen molar-refractivity contribution in [1.29, 1.82) is 0 Å². The molecule has 5 heterocycles. The third-order valence-electron chi connectivity index (χ3n) is 14.5. The first-order chi connectivity index (χ1) is 31.3. The lowest BCUT2D eigenvalue weighted by atomic mass is 9.70. The van der Waals surface area contributed by atoms with Gasteiger partial charge in [-0.1, -0.05) is 48.6 Å². The van der Waals surface area contributed by atoms with Crippen LogP contribution in [0.15, 0.2) is 60.8 Å². The van der Waals surface area contributed by atoms with Gasteiger partial charge in [-0.3, -0.25) is 24.6 Å². The van der Waals surface area contributed by atoms with Gasteiger partial charge >= 0.3 is 0 Å². The van der Waals surface area contributed by atoms with Gasteiger partial charge in [0, 0.05) is 66.2 Å². The van der Waals surface area contributed by atoms with Crippen LogP contribution in [0.25, 0.3) is 0 Å². The van der Waals surface area contributed by atoms with E-state index in [1.165, 1.54) is 49.8 Å². The smallest absolute Gasteiger partial charge is 0.255 e. The maximum Gasteiger partial charge on any atom is 0.255 e. The monoisotopic (exact) mass is 916 g/mol. The highest BCUT2D eigenvalue weighted by atomic mass is 35.5. The van der Waals surface area contributed by atoms with Gasteiger partial charge in [0.25, 0.3) is 5.91 Å². The number of ether oxygens (including phenoxy) is 1. The third kappa shape index (κ3) is 9.23. The summed E-state index contributed by atoms with van der Waals surface area (Å²) in [6.07, 6.45) is 12.0. The molecule has 13 nitrogen and oxygen atoms in total. The zero-order valence-corrected chi connectivity index (χ0v) is 39.4. The minimum atomic E-state index is -2.56. The number of piperidine rings is 3. The molecule has 4 fully saturated rings. The van der Waals surface area contributed by atoms with E-state index < -0.39 is 19.1 Å². The second kappa shape index (κ2) is 18.1. The number of benzene rings is 3. The summed E-state index contributed by atoms with van der Waals surface area (Å²) in [7, 11) is -0.871. The van der Waals surface area contributed by atoms with Gasteiger partial charge < -0.3 is 29.7 Å². The van der Waals surface area contributed by atoms with Gasteiger partial charge in [0.15, 0.2) is 5.82 Å². The molecule has 1 aromatic heterocycles. The number of halogens is 1. The molecule has 3 amide bonds. The number of nitrogens with zero attached hydrogens (tertiary/aromatic N) is 5. The summed E-state index contributed by atoms with van der Waals surface area (Å²) in [6.45, 7) is 10.3. The Labute approximate surface area is 386 Å². The number of hydrogen-bond donors (Lipinski definition) is 3. The molecule has 0 bridgehead atoms. The molecule has 1 aliphatic carbocycles. The van der Waals surface area contributed by atoms with Crippen LogP contribution in [0, 0.1) is 17.3 Å². The molecule has 1 atom stereocenters. The van der Waals surface area contributed by atoms with Crippen molar-refractivity contribution >= 4 is 70.6 Å². The Balaban J connectivity index is 0.793. The van der Waals surface area contributed by atoms with Crippen LogP contribution in [0.4, 0.5) is 28.8 Å². The highest BCUT2D eigenvalue weighted by molar-refractivity contribution is 7.70. The highest BCUT2D eigenvalue weighted by Gasteiger charge is 2.50. The summed E-state index contributed by atoms with van der Waals surface area (Å²) in [5.74, 6) is 7.46. The van der Waals surface area contributed by atoms with Gasteiger partial charge in [-0.2, -0.15) is 4.98 Å². The number of imide groups is 1. The molecule has 4 aliphatic heterocycles. The number of nitrogens with one attached hydrogen (secondary N) is 3. The molecule has 340 valence electrons. The Bertz CT molecular complexity index is 2630. The van der Waals surface area contributed by atoms with E-state index in [1.54, 1.807) is 31.5 Å². The van der Waals surface area contributed by atoms with Crippen molar-refractivity contribution in [3.8, 4) is 17.6 Å². The van der Waals surface area contributed by atoms with E-state index in [-0.39, 0.29) is 23.8 Å². The van der Waals surface area contributed by atoms with Crippen LogP contribution in [-0.4, -0.2) is 95.7 Å².